The lowest BCUT2D eigenvalue weighted by atomic mass is 9.87. The van der Waals surface area contributed by atoms with Gasteiger partial charge in [-0.25, -0.2) is 0 Å². The number of carboxylic acid groups (broad SMARTS) is 1. The van der Waals surface area contributed by atoms with Crippen molar-refractivity contribution in [2.45, 2.75) is 90.1 Å². The van der Waals surface area contributed by atoms with E-state index < -0.39 is 11.4 Å². The number of phenolic OH excluding ortho intramolecular Hbond substituents is 2. The number of carboxylic acids is 1. The minimum atomic E-state index is -0.774. The molecule has 0 atom stereocenters. The molecule has 0 saturated heterocycles. The molecule has 0 aliphatic heterocycles. The third-order valence-corrected chi connectivity index (χ3v) is 6.04. The predicted molar refractivity (Wildman–Crippen MR) is 110 cm³/mol. The zero-order valence-corrected chi connectivity index (χ0v) is 17.6. The van der Waals surface area contributed by atoms with E-state index in [-0.39, 0.29) is 17.1 Å². The van der Waals surface area contributed by atoms with E-state index in [0.717, 1.165) is 62.5 Å². The third-order valence-electron chi connectivity index (χ3n) is 6.04. The van der Waals surface area contributed by atoms with Crippen LogP contribution in [0.3, 0.4) is 0 Å². The molecule has 0 bridgehead atoms. The smallest absolute Gasteiger partial charge is 0.309 e. The first-order valence-corrected chi connectivity index (χ1v) is 10.6. The van der Waals surface area contributed by atoms with Crippen LogP contribution in [0.2, 0.25) is 0 Å². The molecule has 0 unspecified atom stereocenters. The molecule has 0 aromatic heterocycles. The number of hydrogen-bond donors (Lipinski definition) is 3. The van der Waals surface area contributed by atoms with Crippen molar-refractivity contribution in [1.82, 2.24) is 0 Å². The molecule has 2 rings (SSSR count). The molecular formula is C23H34O6. The summed E-state index contributed by atoms with van der Waals surface area (Å²) in [6.45, 7) is 4.01. The second-order valence-electron chi connectivity index (χ2n) is 8.96. The van der Waals surface area contributed by atoms with Crippen LogP contribution in [0, 0.1) is 5.41 Å². The van der Waals surface area contributed by atoms with Crippen LogP contribution in [0.1, 0.15) is 82.8 Å². The number of aliphatic carboxylic acids is 1. The van der Waals surface area contributed by atoms with E-state index >= 15 is 0 Å². The van der Waals surface area contributed by atoms with Crippen LogP contribution in [0.5, 0.6) is 11.5 Å². The van der Waals surface area contributed by atoms with Gasteiger partial charge < -0.3 is 20.1 Å². The fourth-order valence-electron chi connectivity index (χ4n) is 3.67. The lowest BCUT2D eigenvalue weighted by Crippen LogP contribution is -2.23. The molecule has 162 valence electrons. The number of phenols is 2. The molecular weight excluding hydrogens is 372 g/mol. The average Bonchev–Trinajstić information content (AvgIpc) is 3.41. The van der Waals surface area contributed by atoms with Gasteiger partial charge in [-0.15, -0.1) is 0 Å². The molecule has 1 saturated carbocycles. The van der Waals surface area contributed by atoms with Crippen LogP contribution in [-0.4, -0.2) is 33.4 Å². The Morgan fingerprint density at radius 1 is 1.03 bits per heavy atom. The summed E-state index contributed by atoms with van der Waals surface area (Å²) in [5.41, 5.74) is 0.701. The first-order valence-electron chi connectivity index (χ1n) is 10.6. The Labute approximate surface area is 172 Å². The summed E-state index contributed by atoms with van der Waals surface area (Å²) in [7, 11) is 0. The summed E-state index contributed by atoms with van der Waals surface area (Å²) in [4.78, 5) is 21.7. The minimum Gasteiger partial charge on any atom is -0.508 e. The van der Waals surface area contributed by atoms with Crippen molar-refractivity contribution in [2.24, 2.45) is 5.41 Å². The lowest BCUT2D eigenvalue weighted by molar-refractivity contribution is -0.147. The Morgan fingerprint density at radius 3 is 2.14 bits per heavy atom. The molecule has 1 aromatic carbocycles. The topological polar surface area (TPSA) is 104 Å². The monoisotopic (exact) mass is 406 g/mol. The maximum Gasteiger partial charge on any atom is 0.309 e. The first-order chi connectivity index (χ1) is 13.7. The standard InChI is InChI=1S/C23H34O6/c1-22(2,21(27)28)10-6-3-4-8-17-14-18(20(26)15-19(17)25)9-5-7-11-23(12-13-23)29-16-24/h14-16,25-26H,3-13H2,1-2H3,(H,27,28). The molecule has 0 spiro atoms. The Bertz CT molecular complexity index is 706. The van der Waals surface area contributed by atoms with E-state index in [1.54, 1.807) is 13.8 Å². The van der Waals surface area contributed by atoms with Gasteiger partial charge in [-0.2, -0.15) is 0 Å². The number of aromatic hydroxyl groups is 2. The normalized spacial score (nSPS) is 15.1. The number of aryl methyl sites for hydroxylation is 2. The first kappa shape index (κ1) is 23.0. The van der Waals surface area contributed by atoms with Gasteiger partial charge in [-0.1, -0.05) is 12.8 Å². The maximum absolute atomic E-state index is 11.1. The number of carbonyl (C=O) groups is 2. The van der Waals surface area contributed by atoms with Gasteiger partial charge >= 0.3 is 5.97 Å². The molecule has 29 heavy (non-hydrogen) atoms. The van der Waals surface area contributed by atoms with Crippen molar-refractivity contribution in [3.63, 3.8) is 0 Å². The molecule has 6 nitrogen and oxygen atoms in total. The summed E-state index contributed by atoms with van der Waals surface area (Å²) < 4.78 is 5.15. The van der Waals surface area contributed by atoms with Gasteiger partial charge in [-0.05, 0) is 88.8 Å². The number of hydrogen-bond acceptors (Lipinski definition) is 5. The van der Waals surface area contributed by atoms with Crippen molar-refractivity contribution >= 4 is 12.4 Å². The van der Waals surface area contributed by atoms with E-state index in [4.69, 9.17) is 9.84 Å². The summed E-state index contributed by atoms with van der Waals surface area (Å²) in [6, 6.07) is 3.29. The summed E-state index contributed by atoms with van der Waals surface area (Å²) in [5.74, 6) is -0.559. The quantitative estimate of drug-likeness (QED) is 0.305. The molecule has 0 radical (unpaired) electrons. The van der Waals surface area contributed by atoms with Gasteiger partial charge in [0.05, 0.1) is 5.41 Å². The molecule has 3 N–H and O–H groups in total. The zero-order chi connectivity index (χ0) is 21.5. The second kappa shape index (κ2) is 9.99. The van der Waals surface area contributed by atoms with Gasteiger partial charge in [0.15, 0.2) is 0 Å². The van der Waals surface area contributed by atoms with Crippen LogP contribution in [-0.2, 0) is 27.2 Å². The number of unbranched alkanes of at least 4 members (excludes halogenated alkanes) is 3. The number of carbonyl (C=O) groups excluding carboxylic acids is 1. The van der Waals surface area contributed by atoms with E-state index in [1.165, 1.54) is 6.07 Å². The Morgan fingerprint density at radius 2 is 1.62 bits per heavy atom. The lowest BCUT2D eigenvalue weighted by Gasteiger charge is -2.18. The van der Waals surface area contributed by atoms with E-state index in [9.17, 15) is 19.8 Å². The largest absolute Gasteiger partial charge is 0.508 e. The maximum atomic E-state index is 11.1. The molecule has 6 heteroatoms. The van der Waals surface area contributed by atoms with Gasteiger partial charge in [0, 0.05) is 6.07 Å². The summed E-state index contributed by atoms with van der Waals surface area (Å²) in [6.07, 6.45) is 9.14. The summed E-state index contributed by atoms with van der Waals surface area (Å²) >= 11 is 0. The second-order valence-corrected chi connectivity index (χ2v) is 8.96. The molecule has 0 amide bonds. The number of benzene rings is 1. The highest BCUT2D eigenvalue weighted by Gasteiger charge is 2.44. The van der Waals surface area contributed by atoms with Crippen molar-refractivity contribution in [3.05, 3.63) is 23.3 Å². The van der Waals surface area contributed by atoms with E-state index in [1.807, 2.05) is 6.07 Å². The molecule has 1 aliphatic rings. The third kappa shape index (κ3) is 6.94. The average molecular weight is 407 g/mol. The van der Waals surface area contributed by atoms with Gasteiger partial charge in [0.2, 0.25) is 0 Å². The fraction of sp³-hybridized carbons (Fsp3) is 0.652. The molecule has 0 heterocycles. The van der Waals surface area contributed by atoms with Crippen molar-refractivity contribution in [1.29, 1.82) is 0 Å². The number of rotatable bonds is 14. The SMILES string of the molecule is CC(C)(CCCCCc1cc(CCCCC2(OC=O)CC2)c(O)cc1O)C(=O)O. The zero-order valence-electron chi connectivity index (χ0n) is 17.6. The number of ether oxygens (including phenoxy) is 1. The van der Waals surface area contributed by atoms with Gasteiger partial charge in [-0.3, -0.25) is 9.59 Å². The van der Waals surface area contributed by atoms with Crippen LogP contribution >= 0.6 is 0 Å². The summed E-state index contributed by atoms with van der Waals surface area (Å²) in [5, 5.41) is 29.4. The minimum absolute atomic E-state index is 0.105. The highest BCUT2D eigenvalue weighted by Crippen LogP contribution is 2.43. The molecule has 1 fully saturated rings. The Balaban J connectivity index is 1.77. The van der Waals surface area contributed by atoms with Crippen LogP contribution in [0.4, 0.5) is 0 Å². The van der Waals surface area contributed by atoms with E-state index in [0.29, 0.717) is 25.7 Å². The molecule has 1 aliphatic carbocycles. The van der Waals surface area contributed by atoms with Gasteiger partial charge in [0.25, 0.3) is 6.47 Å². The Kier molecular flexibility index (Phi) is 7.94. The Hall–Kier alpha value is -2.24. The van der Waals surface area contributed by atoms with E-state index in [2.05, 4.69) is 0 Å². The van der Waals surface area contributed by atoms with Crippen LogP contribution < -0.4 is 0 Å². The van der Waals surface area contributed by atoms with Crippen LogP contribution in [0.15, 0.2) is 12.1 Å². The van der Waals surface area contributed by atoms with Crippen LogP contribution in [0.25, 0.3) is 0 Å². The van der Waals surface area contributed by atoms with Crippen molar-refractivity contribution in [3.8, 4) is 11.5 Å². The van der Waals surface area contributed by atoms with Crippen molar-refractivity contribution < 1.29 is 29.6 Å². The van der Waals surface area contributed by atoms with Crippen molar-refractivity contribution in [2.75, 3.05) is 0 Å². The van der Waals surface area contributed by atoms with Gasteiger partial charge in [0.1, 0.15) is 17.1 Å². The predicted octanol–water partition coefficient (Wildman–Crippen LogP) is 4.73. The highest BCUT2D eigenvalue weighted by atomic mass is 16.5. The highest BCUT2D eigenvalue weighted by molar-refractivity contribution is 5.73. The fourth-order valence-corrected chi connectivity index (χ4v) is 3.67. The molecule has 1 aromatic rings.